The summed E-state index contributed by atoms with van der Waals surface area (Å²) in [5, 5.41) is 7.05. The highest BCUT2D eigenvalue weighted by Gasteiger charge is 2.51. The molecule has 2 N–H and O–H groups in total. The summed E-state index contributed by atoms with van der Waals surface area (Å²) in [6.45, 7) is -0.691. The van der Waals surface area contributed by atoms with Crippen molar-refractivity contribution in [3.8, 4) is 5.75 Å². The monoisotopic (exact) mass is 591 g/mol. The van der Waals surface area contributed by atoms with Crippen molar-refractivity contribution in [3.63, 3.8) is 0 Å². The summed E-state index contributed by atoms with van der Waals surface area (Å²) in [4.78, 5) is 21.0. The summed E-state index contributed by atoms with van der Waals surface area (Å²) in [7, 11) is -2.90. The van der Waals surface area contributed by atoms with E-state index in [9.17, 15) is 40.0 Å². The lowest BCUT2D eigenvalue weighted by molar-refractivity contribution is -0.242. The number of ether oxygens (including phenoxy) is 2. The number of aromatic nitrogens is 2. The molecule has 1 aromatic heterocycles. The lowest BCUT2D eigenvalue weighted by atomic mass is 10.1. The fourth-order valence-corrected chi connectivity index (χ4v) is 4.58. The topological polar surface area (TPSA) is 132 Å². The van der Waals surface area contributed by atoms with Crippen molar-refractivity contribution in [2.75, 3.05) is 29.8 Å². The second-order valence-electron chi connectivity index (χ2n) is 7.98. The van der Waals surface area contributed by atoms with Crippen LogP contribution in [0.15, 0.2) is 29.3 Å². The Kier molecular flexibility index (Phi) is 9.42. The van der Waals surface area contributed by atoms with E-state index in [2.05, 4.69) is 20.5 Å². The van der Waals surface area contributed by atoms with Crippen LogP contribution in [0.4, 0.5) is 38.1 Å². The molecule has 18 heteroatoms. The van der Waals surface area contributed by atoms with Gasteiger partial charge in [0.15, 0.2) is 5.15 Å². The van der Waals surface area contributed by atoms with Crippen LogP contribution in [0.25, 0.3) is 0 Å². The van der Waals surface area contributed by atoms with E-state index >= 15 is 0 Å². The van der Waals surface area contributed by atoms with Gasteiger partial charge in [0.1, 0.15) is 17.3 Å². The van der Waals surface area contributed by atoms with Crippen LogP contribution in [0.3, 0.4) is 0 Å². The average Bonchev–Trinajstić information content (AvgIpc) is 3.20. The number of nitrogens with zero attached hydrogens (tertiary/aromatic N) is 3. The quantitative estimate of drug-likeness (QED) is 0.499. The third-order valence-electron chi connectivity index (χ3n) is 4.83. The first-order valence-corrected chi connectivity index (χ1v) is 12.3. The van der Waals surface area contributed by atoms with Gasteiger partial charge in [0, 0.05) is 19.7 Å². The number of fused-ring (bicyclic) bond motifs is 1. The van der Waals surface area contributed by atoms with Crippen molar-refractivity contribution in [3.05, 3.63) is 29.5 Å². The summed E-state index contributed by atoms with van der Waals surface area (Å²) >= 11 is 5.75. The number of benzene rings is 1. The molecule has 11 nitrogen and oxygen atoms in total. The van der Waals surface area contributed by atoms with Crippen molar-refractivity contribution < 1.29 is 49.4 Å². The third kappa shape index (κ3) is 7.15. The maximum atomic E-state index is 13.1. The maximum absolute atomic E-state index is 13.1. The lowest BCUT2D eigenvalue weighted by Crippen LogP contribution is -2.44. The molecule has 2 aromatic rings. The van der Waals surface area contributed by atoms with Crippen LogP contribution in [0, 0.1) is 0 Å². The second kappa shape index (κ2) is 11.6. The Morgan fingerprint density at radius 1 is 1.24 bits per heavy atom. The maximum Gasteiger partial charge on any atom is 0.427 e. The van der Waals surface area contributed by atoms with Crippen LogP contribution in [0.5, 0.6) is 5.75 Å². The fourth-order valence-electron chi connectivity index (χ4n) is 2.70. The zero-order valence-corrected chi connectivity index (χ0v) is 21.8. The number of hydrogen-bond acceptors (Lipinski definition) is 7. The molecule has 0 radical (unpaired) electrons. The molecule has 3 rings (SSSR count). The number of amides is 2. The van der Waals surface area contributed by atoms with E-state index in [4.69, 9.17) is 16.3 Å². The zero-order valence-electron chi connectivity index (χ0n) is 20.3. The zero-order chi connectivity index (χ0) is 29.1. The molecule has 0 bridgehead atoms. The van der Waals surface area contributed by atoms with E-state index in [1.807, 2.05) is 0 Å². The molecule has 0 atom stereocenters. The molecular formula is C20H23ClF5N5O6S. The summed E-state index contributed by atoms with van der Waals surface area (Å²) < 4.78 is 101. The van der Waals surface area contributed by atoms with Crippen molar-refractivity contribution in [2.24, 2.45) is 0 Å². The first-order valence-electron chi connectivity index (χ1n) is 10.5. The summed E-state index contributed by atoms with van der Waals surface area (Å²) in [6.07, 6.45) is -5.71. The largest absolute Gasteiger partial charge is 0.489 e. The van der Waals surface area contributed by atoms with Crippen LogP contribution in [0.1, 0.15) is 27.3 Å². The minimum atomic E-state index is -4.83. The van der Waals surface area contributed by atoms with Gasteiger partial charge in [-0.3, -0.25) is 14.4 Å². The van der Waals surface area contributed by atoms with Gasteiger partial charge in [0.25, 0.3) is 10.0 Å². The Balaban J connectivity index is 0.000000926. The molecular weight excluding hydrogens is 569 g/mol. The van der Waals surface area contributed by atoms with Gasteiger partial charge in [-0.1, -0.05) is 11.6 Å². The molecule has 212 valence electrons. The Hall–Kier alpha value is -3.34. The summed E-state index contributed by atoms with van der Waals surface area (Å²) in [5.41, 5.74) is -3.02. The predicted molar refractivity (Wildman–Crippen MR) is 125 cm³/mol. The van der Waals surface area contributed by atoms with Gasteiger partial charge in [0.2, 0.25) is 11.5 Å². The Bertz CT molecular complexity index is 1290. The molecule has 1 aliphatic rings. The van der Waals surface area contributed by atoms with Gasteiger partial charge >= 0.3 is 18.8 Å². The molecule has 2 amide bonds. The van der Waals surface area contributed by atoms with Gasteiger partial charge in [0.05, 0.1) is 18.4 Å². The number of nitrogens with one attached hydrogen (secondary N) is 2. The van der Waals surface area contributed by atoms with Crippen LogP contribution in [0.2, 0.25) is 5.15 Å². The smallest absolute Gasteiger partial charge is 0.427 e. The van der Waals surface area contributed by atoms with Crippen molar-refractivity contribution >= 4 is 45.0 Å². The summed E-state index contributed by atoms with van der Waals surface area (Å²) in [5.74, 6) is 0.0572. The van der Waals surface area contributed by atoms with E-state index in [1.54, 1.807) is 7.05 Å². The normalized spacial score (nSPS) is 13.6. The standard InChI is InChI=1S/C17H16ClF5N4O5S.C3H7NO/c1-16(2,17(21,22)23)32-15(28)24-9-3-4-11-10(7-9)27(5-6-31-11)33(29,30)12-8-26(14(19)20)25-13(12)18;1-3(5)4-2/h3-4,7-8,14H,5-6H2,1-2H3,(H,24,28);1-2H3,(H,4,5). The second-order valence-corrected chi connectivity index (χ2v) is 10.2. The van der Waals surface area contributed by atoms with E-state index < -0.39 is 44.5 Å². The highest BCUT2D eigenvalue weighted by molar-refractivity contribution is 7.93. The van der Waals surface area contributed by atoms with Crippen molar-refractivity contribution in [1.29, 1.82) is 0 Å². The average molecular weight is 592 g/mol. The number of rotatable bonds is 5. The first kappa shape index (κ1) is 30.9. The molecule has 0 spiro atoms. The van der Waals surface area contributed by atoms with Gasteiger partial charge in [-0.15, -0.1) is 0 Å². The van der Waals surface area contributed by atoms with E-state index in [0.29, 0.717) is 20.0 Å². The van der Waals surface area contributed by atoms with E-state index in [0.717, 1.165) is 10.4 Å². The number of alkyl halides is 5. The number of halogens is 6. The predicted octanol–water partition coefficient (Wildman–Crippen LogP) is 4.16. The molecule has 38 heavy (non-hydrogen) atoms. The van der Waals surface area contributed by atoms with Gasteiger partial charge in [-0.2, -0.15) is 27.1 Å². The number of sulfonamides is 1. The van der Waals surface area contributed by atoms with Crippen LogP contribution >= 0.6 is 11.6 Å². The lowest BCUT2D eigenvalue weighted by Gasteiger charge is -2.31. The number of carbonyl (C=O) groups excluding carboxylic acids is 2. The highest BCUT2D eigenvalue weighted by atomic mass is 35.5. The molecule has 0 saturated heterocycles. The number of carbonyl (C=O) groups is 2. The molecule has 1 aromatic carbocycles. The Labute approximate surface area is 218 Å². The minimum Gasteiger partial charge on any atom is -0.489 e. The molecule has 1 aliphatic heterocycles. The molecule has 0 fully saturated rings. The number of hydrogen-bond donors (Lipinski definition) is 2. The first-order chi connectivity index (χ1) is 17.4. The highest BCUT2D eigenvalue weighted by Crippen LogP contribution is 2.39. The van der Waals surface area contributed by atoms with Crippen LogP contribution in [-0.4, -0.2) is 62.2 Å². The van der Waals surface area contributed by atoms with Crippen LogP contribution < -0.4 is 19.7 Å². The van der Waals surface area contributed by atoms with E-state index in [1.165, 1.54) is 19.1 Å². The Morgan fingerprint density at radius 3 is 2.34 bits per heavy atom. The number of anilines is 2. The minimum absolute atomic E-state index is 0.00463. The van der Waals surface area contributed by atoms with E-state index in [-0.39, 0.29) is 40.9 Å². The van der Waals surface area contributed by atoms with Gasteiger partial charge < -0.3 is 14.8 Å². The van der Waals surface area contributed by atoms with Crippen molar-refractivity contribution in [1.82, 2.24) is 15.1 Å². The Morgan fingerprint density at radius 2 is 1.84 bits per heavy atom. The SMILES string of the molecule is CC(C)(OC(=O)Nc1ccc2c(c1)N(S(=O)(=O)c1cn(C(F)F)nc1Cl)CCO2)C(F)(F)F.CNC(C)=O. The van der Waals surface area contributed by atoms with Crippen LogP contribution in [-0.2, 0) is 19.6 Å². The molecule has 2 heterocycles. The third-order valence-corrected chi connectivity index (χ3v) is 7.04. The fraction of sp³-hybridized carbons (Fsp3) is 0.450. The van der Waals surface area contributed by atoms with Gasteiger partial charge in [-0.05, 0) is 32.0 Å². The molecule has 0 unspecified atom stereocenters. The van der Waals surface area contributed by atoms with Crippen molar-refractivity contribution in [2.45, 2.75) is 44.0 Å². The van der Waals surface area contributed by atoms with Gasteiger partial charge in [-0.25, -0.2) is 17.9 Å². The molecule has 0 aliphatic carbocycles. The molecule has 0 saturated carbocycles. The summed E-state index contributed by atoms with van der Waals surface area (Å²) in [6, 6.07) is 3.63.